The van der Waals surface area contributed by atoms with Crippen LogP contribution in [0.25, 0.3) is 11.0 Å². The lowest BCUT2D eigenvalue weighted by Crippen LogP contribution is -2.12. The first-order chi connectivity index (χ1) is 9.15. The number of aromatic amines is 1. The van der Waals surface area contributed by atoms with Gasteiger partial charge in [-0.15, -0.1) is 0 Å². The topological polar surface area (TPSA) is 78.9 Å². The van der Waals surface area contributed by atoms with Crippen LogP contribution in [0.3, 0.4) is 0 Å². The summed E-state index contributed by atoms with van der Waals surface area (Å²) in [5, 5.41) is 9.88. The second-order valence-corrected chi connectivity index (χ2v) is 5.22. The molecule has 100 valence electrons. The van der Waals surface area contributed by atoms with Crippen molar-refractivity contribution < 1.29 is 9.90 Å². The van der Waals surface area contributed by atoms with Gasteiger partial charge in [0, 0.05) is 23.9 Å². The molecule has 0 saturated heterocycles. The maximum atomic E-state index is 10.7. The van der Waals surface area contributed by atoms with E-state index < -0.39 is 5.97 Å². The van der Waals surface area contributed by atoms with Crippen molar-refractivity contribution in [2.45, 2.75) is 44.9 Å². The molecule has 0 atom stereocenters. The lowest BCUT2D eigenvalue weighted by Gasteiger charge is -2.25. The molecule has 0 aromatic carbocycles. The molecule has 2 aromatic rings. The number of aromatic nitrogens is 3. The van der Waals surface area contributed by atoms with Crippen LogP contribution in [0.5, 0.6) is 0 Å². The van der Waals surface area contributed by atoms with Crippen LogP contribution in [-0.4, -0.2) is 26.0 Å². The fourth-order valence-electron chi connectivity index (χ4n) is 2.66. The van der Waals surface area contributed by atoms with Crippen molar-refractivity contribution in [1.29, 1.82) is 0 Å². The van der Waals surface area contributed by atoms with Gasteiger partial charge in [0.1, 0.15) is 11.5 Å². The number of carboxylic acids is 1. The van der Waals surface area contributed by atoms with Crippen LogP contribution in [0.15, 0.2) is 6.20 Å². The number of aliphatic carboxylic acids is 1. The predicted molar refractivity (Wildman–Crippen MR) is 71.2 cm³/mol. The molecule has 1 saturated carbocycles. The van der Waals surface area contributed by atoms with Crippen molar-refractivity contribution in [2.75, 3.05) is 0 Å². The summed E-state index contributed by atoms with van der Waals surface area (Å²) < 4.78 is 0. The summed E-state index contributed by atoms with van der Waals surface area (Å²) in [4.78, 5) is 22.9. The molecule has 0 aliphatic heterocycles. The highest BCUT2D eigenvalue weighted by molar-refractivity contribution is 5.83. The van der Waals surface area contributed by atoms with E-state index in [-0.39, 0.29) is 6.42 Å². The van der Waals surface area contributed by atoms with Gasteiger partial charge in [-0.3, -0.25) is 4.79 Å². The van der Waals surface area contributed by atoms with Crippen LogP contribution in [0, 0.1) is 6.92 Å². The molecular formula is C14H17N3O2. The van der Waals surface area contributed by atoms with Crippen molar-refractivity contribution in [3.63, 3.8) is 0 Å². The Balaban J connectivity index is 2.05. The van der Waals surface area contributed by atoms with E-state index in [2.05, 4.69) is 15.0 Å². The lowest BCUT2D eigenvalue weighted by molar-refractivity contribution is -0.136. The Labute approximate surface area is 111 Å². The van der Waals surface area contributed by atoms with Gasteiger partial charge in [0.25, 0.3) is 0 Å². The zero-order valence-electron chi connectivity index (χ0n) is 10.9. The van der Waals surface area contributed by atoms with Gasteiger partial charge < -0.3 is 10.1 Å². The number of hydrogen-bond donors (Lipinski definition) is 2. The molecule has 3 rings (SSSR count). The highest BCUT2D eigenvalue weighted by Crippen LogP contribution is 2.39. The highest BCUT2D eigenvalue weighted by atomic mass is 16.4. The summed E-state index contributed by atoms with van der Waals surface area (Å²) in [6, 6.07) is 0. The normalized spacial score (nSPS) is 15.6. The van der Waals surface area contributed by atoms with Gasteiger partial charge in [-0.2, -0.15) is 0 Å². The first-order valence-corrected chi connectivity index (χ1v) is 6.71. The van der Waals surface area contributed by atoms with Crippen LogP contribution in [0.4, 0.5) is 0 Å². The van der Waals surface area contributed by atoms with Gasteiger partial charge >= 0.3 is 5.97 Å². The van der Waals surface area contributed by atoms with Crippen LogP contribution in [0.2, 0.25) is 0 Å². The Hall–Kier alpha value is -1.91. The maximum Gasteiger partial charge on any atom is 0.303 e. The molecule has 0 radical (unpaired) electrons. The fraction of sp³-hybridized carbons (Fsp3) is 0.500. The first-order valence-electron chi connectivity index (χ1n) is 6.71. The Morgan fingerprint density at radius 2 is 2.26 bits per heavy atom. The SMILES string of the molecule is Cc1nc(C2CCC2)c2c(CCC(=O)O)c[nH]c2n1. The number of nitrogens with one attached hydrogen (secondary N) is 1. The quantitative estimate of drug-likeness (QED) is 0.884. The van der Waals surface area contributed by atoms with Crippen molar-refractivity contribution in [3.8, 4) is 0 Å². The number of aryl methyl sites for hydroxylation is 2. The molecule has 5 heteroatoms. The summed E-state index contributed by atoms with van der Waals surface area (Å²) >= 11 is 0. The third kappa shape index (κ3) is 2.20. The minimum Gasteiger partial charge on any atom is -0.481 e. The van der Waals surface area contributed by atoms with Gasteiger partial charge in [0.05, 0.1) is 5.69 Å². The molecular weight excluding hydrogens is 242 g/mol. The summed E-state index contributed by atoms with van der Waals surface area (Å²) in [6.07, 6.45) is 6.16. The summed E-state index contributed by atoms with van der Waals surface area (Å²) in [6.45, 7) is 1.90. The molecule has 1 aliphatic carbocycles. The number of rotatable bonds is 4. The average Bonchev–Trinajstić information content (AvgIpc) is 2.66. The summed E-state index contributed by atoms with van der Waals surface area (Å²) in [5.41, 5.74) is 2.98. The smallest absolute Gasteiger partial charge is 0.303 e. The number of fused-ring (bicyclic) bond motifs is 1. The zero-order chi connectivity index (χ0) is 13.4. The van der Waals surface area contributed by atoms with E-state index in [1.165, 1.54) is 19.3 Å². The monoisotopic (exact) mass is 259 g/mol. The van der Waals surface area contributed by atoms with Crippen molar-refractivity contribution >= 4 is 17.0 Å². The zero-order valence-corrected chi connectivity index (χ0v) is 10.9. The molecule has 0 spiro atoms. The van der Waals surface area contributed by atoms with Crippen LogP contribution < -0.4 is 0 Å². The Kier molecular flexibility index (Phi) is 2.97. The number of carbonyl (C=O) groups is 1. The van der Waals surface area contributed by atoms with E-state index in [0.717, 1.165) is 28.1 Å². The van der Waals surface area contributed by atoms with Gasteiger partial charge in [0.2, 0.25) is 0 Å². The molecule has 1 fully saturated rings. The minimum absolute atomic E-state index is 0.144. The van der Waals surface area contributed by atoms with E-state index in [1.807, 2.05) is 13.1 Å². The van der Waals surface area contributed by atoms with Crippen LogP contribution in [-0.2, 0) is 11.2 Å². The largest absolute Gasteiger partial charge is 0.481 e. The molecule has 19 heavy (non-hydrogen) atoms. The van der Waals surface area contributed by atoms with Crippen molar-refractivity contribution in [2.24, 2.45) is 0 Å². The first kappa shape index (κ1) is 12.1. The van der Waals surface area contributed by atoms with Gasteiger partial charge in [-0.25, -0.2) is 9.97 Å². The molecule has 0 unspecified atom stereocenters. The fourth-order valence-corrected chi connectivity index (χ4v) is 2.66. The van der Waals surface area contributed by atoms with Crippen molar-refractivity contribution in [1.82, 2.24) is 15.0 Å². The molecule has 2 aromatic heterocycles. The standard InChI is InChI=1S/C14H17N3O2/c1-8-16-13(9-3-2-4-9)12-10(5-6-11(18)19)7-15-14(12)17-8/h7,9H,2-6H2,1H3,(H,18,19)(H,15,16,17). The third-order valence-corrected chi connectivity index (χ3v) is 3.85. The van der Waals surface area contributed by atoms with Gasteiger partial charge in [0.15, 0.2) is 0 Å². The van der Waals surface area contributed by atoms with E-state index in [4.69, 9.17) is 5.11 Å². The number of hydrogen-bond acceptors (Lipinski definition) is 3. The minimum atomic E-state index is -0.771. The van der Waals surface area contributed by atoms with Gasteiger partial charge in [-0.1, -0.05) is 6.42 Å². The number of nitrogens with zero attached hydrogens (tertiary/aromatic N) is 2. The highest BCUT2D eigenvalue weighted by Gasteiger charge is 2.25. The van der Waals surface area contributed by atoms with E-state index in [0.29, 0.717) is 12.3 Å². The number of carboxylic acid groups (broad SMARTS) is 1. The lowest BCUT2D eigenvalue weighted by atomic mass is 9.81. The molecule has 0 bridgehead atoms. The number of H-pyrrole nitrogens is 1. The Morgan fingerprint density at radius 3 is 2.89 bits per heavy atom. The second-order valence-electron chi connectivity index (χ2n) is 5.22. The molecule has 0 amide bonds. The maximum absolute atomic E-state index is 10.7. The summed E-state index contributed by atoms with van der Waals surface area (Å²) in [7, 11) is 0. The summed E-state index contributed by atoms with van der Waals surface area (Å²) in [5.74, 6) is 0.525. The van der Waals surface area contributed by atoms with Gasteiger partial charge in [-0.05, 0) is 31.7 Å². The Morgan fingerprint density at radius 1 is 1.47 bits per heavy atom. The van der Waals surface area contributed by atoms with E-state index >= 15 is 0 Å². The van der Waals surface area contributed by atoms with Crippen LogP contribution in [0.1, 0.15) is 48.7 Å². The molecule has 2 heterocycles. The molecule has 2 N–H and O–H groups in total. The van der Waals surface area contributed by atoms with Crippen molar-refractivity contribution in [3.05, 3.63) is 23.3 Å². The van der Waals surface area contributed by atoms with E-state index in [9.17, 15) is 4.79 Å². The third-order valence-electron chi connectivity index (χ3n) is 3.85. The van der Waals surface area contributed by atoms with Crippen LogP contribution >= 0.6 is 0 Å². The second kappa shape index (κ2) is 4.64. The average molecular weight is 259 g/mol. The van der Waals surface area contributed by atoms with E-state index in [1.54, 1.807) is 0 Å². The predicted octanol–water partition coefficient (Wildman–Crippen LogP) is 2.55. The molecule has 5 nitrogen and oxygen atoms in total. The molecule has 1 aliphatic rings. The Bertz CT molecular complexity index is 629.